The van der Waals surface area contributed by atoms with E-state index in [0.717, 1.165) is 12.2 Å². The third-order valence-electron chi connectivity index (χ3n) is 2.90. The molecule has 0 saturated carbocycles. The lowest BCUT2D eigenvalue weighted by molar-refractivity contribution is -0.141. The predicted molar refractivity (Wildman–Crippen MR) is 66.9 cm³/mol. The van der Waals surface area contributed by atoms with Crippen LogP contribution in [0.2, 0.25) is 0 Å². The van der Waals surface area contributed by atoms with Crippen LogP contribution < -0.4 is 5.32 Å². The zero-order chi connectivity index (χ0) is 12.3. The molecule has 5 heteroatoms. The van der Waals surface area contributed by atoms with Crippen LogP contribution in [-0.2, 0) is 4.79 Å². The predicted octanol–water partition coefficient (Wildman–Crippen LogP) is 2.59. The Labute approximate surface area is 103 Å². The zero-order valence-corrected chi connectivity index (χ0v) is 10.1. The first-order valence-electron chi connectivity index (χ1n) is 5.48. The van der Waals surface area contributed by atoms with Crippen molar-refractivity contribution in [1.82, 2.24) is 0 Å². The highest BCUT2D eigenvalue weighted by Gasteiger charge is 2.40. The van der Waals surface area contributed by atoms with E-state index < -0.39 is 17.3 Å². The first-order valence-corrected chi connectivity index (χ1v) is 6.63. The number of aliphatic carboxylic acids is 1. The molecule has 1 heterocycles. The highest BCUT2D eigenvalue weighted by molar-refractivity contribution is 7.99. The van der Waals surface area contributed by atoms with Gasteiger partial charge in [-0.1, -0.05) is 12.1 Å². The minimum atomic E-state index is -1.04. The lowest BCUT2D eigenvalue weighted by atomic mass is 9.95. The third kappa shape index (κ3) is 2.54. The monoisotopic (exact) mass is 255 g/mol. The van der Waals surface area contributed by atoms with Gasteiger partial charge in [0, 0.05) is 5.75 Å². The second-order valence-corrected chi connectivity index (χ2v) is 5.25. The summed E-state index contributed by atoms with van der Waals surface area (Å²) in [5.41, 5.74) is -0.775. The summed E-state index contributed by atoms with van der Waals surface area (Å²) < 4.78 is 13.5. The molecule has 1 aliphatic rings. The smallest absolute Gasteiger partial charge is 0.330 e. The van der Waals surface area contributed by atoms with Gasteiger partial charge in [-0.2, -0.15) is 11.8 Å². The fraction of sp³-hybridized carbons (Fsp3) is 0.417. The van der Waals surface area contributed by atoms with Gasteiger partial charge in [-0.25, -0.2) is 9.18 Å². The van der Waals surface area contributed by atoms with E-state index in [2.05, 4.69) is 5.32 Å². The average molecular weight is 255 g/mol. The number of benzene rings is 1. The second kappa shape index (κ2) is 4.96. The fourth-order valence-corrected chi connectivity index (χ4v) is 3.12. The number of carboxylic acids is 1. The Balaban J connectivity index is 2.24. The van der Waals surface area contributed by atoms with E-state index in [0.29, 0.717) is 12.2 Å². The van der Waals surface area contributed by atoms with Crippen molar-refractivity contribution in [1.29, 1.82) is 0 Å². The Morgan fingerprint density at radius 1 is 1.47 bits per heavy atom. The number of hydrogen-bond donors (Lipinski definition) is 2. The molecule has 1 saturated heterocycles. The number of carboxylic acid groups (broad SMARTS) is 1. The molecular formula is C12H14FNO2S. The van der Waals surface area contributed by atoms with Gasteiger partial charge in [-0.3, -0.25) is 0 Å². The Hall–Kier alpha value is -1.23. The van der Waals surface area contributed by atoms with Crippen LogP contribution in [-0.4, -0.2) is 28.1 Å². The zero-order valence-electron chi connectivity index (χ0n) is 9.28. The van der Waals surface area contributed by atoms with E-state index in [1.807, 2.05) is 0 Å². The molecule has 92 valence electrons. The Bertz CT molecular complexity index is 419. The third-order valence-corrected chi connectivity index (χ3v) is 4.17. The minimum Gasteiger partial charge on any atom is -0.479 e. The summed E-state index contributed by atoms with van der Waals surface area (Å²) in [5.74, 6) is 0.113. The van der Waals surface area contributed by atoms with E-state index >= 15 is 0 Å². The van der Waals surface area contributed by atoms with Gasteiger partial charge in [0.15, 0.2) is 0 Å². The highest BCUT2D eigenvalue weighted by Crippen LogP contribution is 2.31. The van der Waals surface area contributed by atoms with Gasteiger partial charge >= 0.3 is 5.97 Å². The van der Waals surface area contributed by atoms with Crippen LogP contribution in [0.5, 0.6) is 0 Å². The number of halogens is 1. The summed E-state index contributed by atoms with van der Waals surface area (Å²) in [5, 5.41) is 12.2. The topological polar surface area (TPSA) is 49.3 Å². The molecule has 1 atom stereocenters. The van der Waals surface area contributed by atoms with E-state index in [9.17, 15) is 14.3 Å². The Kier molecular flexibility index (Phi) is 3.57. The van der Waals surface area contributed by atoms with Crippen molar-refractivity contribution in [2.24, 2.45) is 0 Å². The molecule has 0 amide bonds. The molecule has 0 aromatic heterocycles. The Morgan fingerprint density at radius 3 is 2.82 bits per heavy atom. The van der Waals surface area contributed by atoms with Gasteiger partial charge in [-0.15, -0.1) is 0 Å². The van der Waals surface area contributed by atoms with Gasteiger partial charge in [0.05, 0.1) is 5.69 Å². The second-order valence-electron chi connectivity index (χ2n) is 4.15. The first kappa shape index (κ1) is 12.2. The first-order chi connectivity index (χ1) is 8.14. The number of rotatable bonds is 3. The van der Waals surface area contributed by atoms with Crippen LogP contribution >= 0.6 is 11.8 Å². The van der Waals surface area contributed by atoms with Crippen LogP contribution in [0.3, 0.4) is 0 Å². The molecule has 1 unspecified atom stereocenters. The largest absolute Gasteiger partial charge is 0.479 e. The quantitative estimate of drug-likeness (QED) is 0.871. The van der Waals surface area contributed by atoms with Crippen LogP contribution in [0.15, 0.2) is 24.3 Å². The van der Waals surface area contributed by atoms with E-state index in [1.54, 1.807) is 30.0 Å². The maximum atomic E-state index is 13.5. The molecule has 2 N–H and O–H groups in total. The molecule has 0 spiro atoms. The van der Waals surface area contributed by atoms with Gasteiger partial charge in [-0.05, 0) is 30.7 Å². The van der Waals surface area contributed by atoms with Crippen molar-refractivity contribution in [3.05, 3.63) is 30.1 Å². The Morgan fingerprint density at radius 2 is 2.24 bits per heavy atom. The van der Waals surface area contributed by atoms with E-state index in [4.69, 9.17) is 0 Å². The number of carbonyl (C=O) groups is 1. The number of anilines is 1. The summed E-state index contributed by atoms with van der Waals surface area (Å²) in [6, 6.07) is 6.17. The summed E-state index contributed by atoms with van der Waals surface area (Å²) in [6.45, 7) is 0. The van der Waals surface area contributed by atoms with Gasteiger partial charge < -0.3 is 10.4 Å². The van der Waals surface area contributed by atoms with Crippen LogP contribution in [0.1, 0.15) is 12.8 Å². The molecule has 1 aromatic rings. The molecule has 3 nitrogen and oxygen atoms in total. The molecule has 2 rings (SSSR count). The van der Waals surface area contributed by atoms with Crippen molar-refractivity contribution in [2.75, 3.05) is 16.8 Å². The number of thioether (sulfide) groups is 1. The summed E-state index contributed by atoms with van der Waals surface area (Å²) >= 11 is 1.59. The minimum absolute atomic E-state index is 0.261. The SMILES string of the molecule is O=C(O)C1(Nc2ccccc2F)CCCSC1. The average Bonchev–Trinajstić information content (AvgIpc) is 2.33. The number of hydrogen-bond acceptors (Lipinski definition) is 3. The van der Waals surface area contributed by atoms with Gasteiger partial charge in [0.2, 0.25) is 0 Å². The summed E-state index contributed by atoms with van der Waals surface area (Å²) in [7, 11) is 0. The van der Waals surface area contributed by atoms with Gasteiger partial charge in [0.1, 0.15) is 11.4 Å². The molecular weight excluding hydrogens is 241 g/mol. The lowest BCUT2D eigenvalue weighted by Gasteiger charge is -2.34. The van der Waals surface area contributed by atoms with Crippen LogP contribution in [0.4, 0.5) is 10.1 Å². The molecule has 1 aliphatic heterocycles. The normalized spacial score (nSPS) is 24.3. The molecule has 1 fully saturated rings. The van der Waals surface area contributed by atoms with Crippen molar-refractivity contribution in [3.63, 3.8) is 0 Å². The molecule has 0 bridgehead atoms. The lowest BCUT2D eigenvalue weighted by Crippen LogP contribution is -2.50. The van der Waals surface area contributed by atoms with Crippen molar-refractivity contribution < 1.29 is 14.3 Å². The maximum Gasteiger partial charge on any atom is 0.330 e. The van der Waals surface area contributed by atoms with Crippen molar-refractivity contribution in [2.45, 2.75) is 18.4 Å². The van der Waals surface area contributed by atoms with Crippen LogP contribution in [0, 0.1) is 5.82 Å². The van der Waals surface area contributed by atoms with E-state index in [1.165, 1.54) is 6.07 Å². The van der Waals surface area contributed by atoms with Crippen molar-refractivity contribution >= 4 is 23.4 Å². The number of nitrogens with one attached hydrogen (secondary N) is 1. The van der Waals surface area contributed by atoms with Crippen molar-refractivity contribution in [3.8, 4) is 0 Å². The summed E-state index contributed by atoms with van der Waals surface area (Å²) in [6.07, 6.45) is 1.36. The maximum absolute atomic E-state index is 13.5. The molecule has 0 radical (unpaired) electrons. The van der Waals surface area contributed by atoms with Gasteiger partial charge in [0.25, 0.3) is 0 Å². The summed E-state index contributed by atoms with van der Waals surface area (Å²) in [4.78, 5) is 11.4. The van der Waals surface area contributed by atoms with E-state index in [-0.39, 0.29) is 5.69 Å². The number of para-hydroxylation sites is 1. The standard InChI is InChI=1S/C12H14FNO2S/c13-9-4-1-2-5-10(9)14-12(11(15)16)6-3-7-17-8-12/h1-2,4-5,14H,3,6-8H2,(H,15,16). The molecule has 1 aromatic carbocycles. The van der Waals surface area contributed by atoms with Crippen LogP contribution in [0.25, 0.3) is 0 Å². The fourth-order valence-electron chi connectivity index (χ4n) is 1.94. The molecule has 17 heavy (non-hydrogen) atoms. The highest BCUT2D eigenvalue weighted by atomic mass is 32.2. The molecule has 0 aliphatic carbocycles.